The maximum Gasteiger partial charge on any atom is 0.307 e. The van der Waals surface area contributed by atoms with E-state index in [0.717, 1.165) is 28.3 Å². The van der Waals surface area contributed by atoms with Gasteiger partial charge in [-0.2, -0.15) is 0 Å². The van der Waals surface area contributed by atoms with Gasteiger partial charge in [-0.1, -0.05) is 41.6 Å². The predicted molar refractivity (Wildman–Crippen MR) is 93.2 cm³/mol. The van der Waals surface area contributed by atoms with Gasteiger partial charge in [-0.15, -0.1) is 5.10 Å². The number of carboxylic acid groups (broad SMARTS) is 1. The van der Waals surface area contributed by atoms with E-state index in [1.807, 2.05) is 42.6 Å². The van der Waals surface area contributed by atoms with E-state index in [4.69, 9.17) is 14.6 Å². The molecule has 0 radical (unpaired) electrons. The average Bonchev–Trinajstić information content (AvgIpc) is 3.10. The lowest BCUT2D eigenvalue weighted by atomic mass is 10.1. The van der Waals surface area contributed by atoms with Crippen molar-refractivity contribution in [3.8, 4) is 22.8 Å². The SMILES string of the molecule is O=C(O)Cc1ccc(-c2cn(CC3COc4ccccc4O3)nn2)cc1. The minimum atomic E-state index is -0.847. The molecular formula is C19H17N3O4. The molecule has 0 fully saturated rings. The van der Waals surface area contributed by atoms with Gasteiger partial charge in [0, 0.05) is 5.56 Å². The van der Waals surface area contributed by atoms with Crippen LogP contribution in [-0.4, -0.2) is 38.8 Å². The van der Waals surface area contributed by atoms with Crippen LogP contribution in [0.3, 0.4) is 0 Å². The molecule has 1 aliphatic heterocycles. The standard InChI is InChI=1S/C19H17N3O4/c23-19(24)9-13-5-7-14(8-6-13)16-11-22(21-20-16)10-15-12-25-17-3-1-2-4-18(17)26-15/h1-8,11,15H,9-10,12H2,(H,23,24). The molecular weight excluding hydrogens is 334 g/mol. The number of fused-ring (bicyclic) bond motifs is 1. The van der Waals surface area contributed by atoms with Gasteiger partial charge < -0.3 is 14.6 Å². The molecule has 2 heterocycles. The van der Waals surface area contributed by atoms with E-state index in [9.17, 15) is 4.79 Å². The molecule has 1 atom stereocenters. The van der Waals surface area contributed by atoms with Crippen LogP contribution in [0, 0.1) is 0 Å². The van der Waals surface area contributed by atoms with E-state index in [0.29, 0.717) is 13.2 Å². The molecule has 0 saturated carbocycles. The van der Waals surface area contributed by atoms with Crippen molar-refractivity contribution in [3.05, 3.63) is 60.3 Å². The molecule has 7 nitrogen and oxygen atoms in total. The quantitative estimate of drug-likeness (QED) is 0.760. The topological polar surface area (TPSA) is 86.5 Å². The van der Waals surface area contributed by atoms with Gasteiger partial charge in [-0.3, -0.25) is 4.79 Å². The second kappa shape index (κ2) is 6.87. The fraction of sp³-hybridized carbons (Fsp3) is 0.211. The first-order valence-electron chi connectivity index (χ1n) is 8.27. The molecule has 1 aliphatic rings. The van der Waals surface area contributed by atoms with Crippen molar-refractivity contribution in [1.82, 2.24) is 15.0 Å². The molecule has 0 aliphatic carbocycles. The molecule has 0 saturated heterocycles. The molecule has 26 heavy (non-hydrogen) atoms. The van der Waals surface area contributed by atoms with Crippen LogP contribution < -0.4 is 9.47 Å². The zero-order valence-corrected chi connectivity index (χ0v) is 13.9. The van der Waals surface area contributed by atoms with Crippen LogP contribution in [0.1, 0.15) is 5.56 Å². The van der Waals surface area contributed by atoms with E-state index in [2.05, 4.69) is 10.3 Å². The molecule has 1 N–H and O–H groups in total. The Labute approximate surface area is 149 Å². The summed E-state index contributed by atoms with van der Waals surface area (Å²) in [5, 5.41) is 17.2. The zero-order chi connectivity index (χ0) is 17.9. The van der Waals surface area contributed by atoms with Gasteiger partial charge in [-0.25, -0.2) is 4.68 Å². The van der Waals surface area contributed by atoms with E-state index in [-0.39, 0.29) is 12.5 Å². The highest BCUT2D eigenvalue weighted by molar-refractivity contribution is 5.70. The number of aliphatic carboxylic acids is 1. The first kappa shape index (κ1) is 16.1. The minimum Gasteiger partial charge on any atom is -0.486 e. The summed E-state index contributed by atoms with van der Waals surface area (Å²) in [4.78, 5) is 10.7. The summed E-state index contributed by atoms with van der Waals surface area (Å²) in [6, 6.07) is 14.9. The maximum absolute atomic E-state index is 10.7. The first-order valence-corrected chi connectivity index (χ1v) is 8.27. The van der Waals surface area contributed by atoms with Crippen molar-refractivity contribution in [2.24, 2.45) is 0 Å². The summed E-state index contributed by atoms with van der Waals surface area (Å²) >= 11 is 0. The average molecular weight is 351 g/mol. The summed E-state index contributed by atoms with van der Waals surface area (Å²) < 4.78 is 13.4. The van der Waals surface area contributed by atoms with Gasteiger partial charge >= 0.3 is 5.97 Å². The van der Waals surface area contributed by atoms with Crippen LogP contribution in [0.4, 0.5) is 0 Å². The van der Waals surface area contributed by atoms with Gasteiger partial charge in [0.25, 0.3) is 0 Å². The minimum absolute atomic E-state index is 0.00740. The molecule has 1 unspecified atom stereocenters. The summed E-state index contributed by atoms with van der Waals surface area (Å²) in [5.41, 5.74) is 2.36. The van der Waals surface area contributed by atoms with Crippen LogP contribution in [0.15, 0.2) is 54.7 Å². The Balaban J connectivity index is 1.43. The normalized spacial score (nSPS) is 15.6. The number of benzene rings is 2. The molecule has 7 heteroatoms. The predicted octanol–water partition coefficient (Wildman–Crippen LogP) is 2.41. The Morgan fingerprint density at radius 2 is 1.92 bits per heavy atom. The second-order valence-electron chi connectivity index (χ2n) is 6.09. The molecule has 0 bridgehead atoms. The first-order chi connectivity index (χ1) is 12.7. The smallest absolute Gasteiger partial charge is 0.307 e. The van der Waals surface area contributed by atoms with E-state index >= 15 is 0 Å². The van der Waals surface area contributed by atoms with Crippen molar-refractivity contribution < 1.29 is 19.4 Å². The number of hydrogen-bond acceptors (Lipinski definition) is 5. The number of hydrogen-bond donors (Lipinski definition) is 1. The molecule has 4 rings (SSSR count). The van der Waals surface area contributed by atoms with E-state index in [1.54, 1.807) is 16.8 Å². The lowest BCUT2D eigenvalue weighted by Crippen LogP contribution is -2.33. The molecule has 0 spiro atoms. The van der Waals surface area contributed by atoms with Crippen molar-refractivity contribution in [2.75, 3.05) is 6.61 Å². The Hall–Kier alpha value is -3.35. The lowest BCUT2D eigenvalue weighted by Gasteiger charge is -2.26. The van der Waals surface area contributed by atoms with Crippen LogP contribution in [0.5, 0.6) is 11.5 Å². The fourth-order valence-electron chi connectivity index (χ4n) is 2.85. The monoisotopic (exact) mass is 351 g/mol. The summed E-state index contributed by atoms with van der Waals surface area (Å²) in [7, 11) is 0. The third kappa shape index (κ3) is 3.51. The van der Waals surface area contributed by atoms with Crippen LogP contribution >= 0.6 is 0 Å². The van der Waals surface area contributed by atoms with Crippen molar-refractivity contribution in [1.29, 1.82) is 0 Å². The molecule has 0 amide bonds. The second-order valence-corrected chi connectivity index (χ2v) is 6.09. The lowest BCUT2D eigenvalue weighted by molar-refractivity contribution is -0.136. The molecule has 3 aromatic rings. The maximum atomic E-state index is 10.7. The van der Waals surface area contributed by atoms with Gasteiger partial charge in [0.1, 0.15) is 12.3 Å². The number of para-hydroxylation sites is 2. The highest BCUT2D eigenvalue weighted by Crippen LogP contribution is 2.31. The summed E-state index contributed by atoms with van der Waals surface area (Å²) in [6.07, 6.45) is 1.71. The van der Waals surface area contributed by atoms with Gasteiger partial charge in [0.15, 0.2) is 17.6 Å². The summed E-state index contributed by atoms with van der Waals surface area (Å²) in [5.74, 6) is 0.641. The van der Waals surface area contributed by atoms with Crippen LogP contribution in [-0.2, 0) is 17.8 Å². The number of carboxylic acids is 1. The Bertz CT molecular complexity index is 921. The van der Waals surface area contributed by atoms with Gasteiger partial charge in [-0.05, 0) is 17.7 Å². The fourth-order valence-corrected chi connectivity index (χ4v) is 2.85. The Morgan fingerprint density at radius 1 is 1.15 bits per heavy atom. The third-order valence-corrected chi connectivity index (χ3v) is 4.10. The zero-order valence-electron chi connectivity index (χ0n) is 13.9. The van der Waals surface area contributed by atoms with Gasteiger partial charge in [0.2, 0.25) is 0 Å². The molecule has 132 valence electrons. The number of rotatable bonds is 5. The number of nitrogens with zero attached hydrogens (tertiary/aromatic N) is 3. The largest absolute Gasteiger partial charge is 0.486 e. The Morgan fingerprint density at radius 3 is 2.69 bits per heavy atom. The van der Waals surface area contributed by atoms with E-state index < -0.39 is 5.97 Å². The van der Waals surface area contributed by atoms with Crippen molar-refractivity contribution >= 4 is 5.97 Å². The van der Waals surface area contributed by atoms with E-state index in [1.165, 1.54) is 0 Å². The van der Waals surface area contributed by atoms with Crippen LogP contribution in [0.25, 0.3) is 11.3 Å². The van der Waals surface area contributed by atoms with Crippen LogP contribution in [0.2, 0.25) is 0 Å². The number of ether oxygens (including phenoxy) is 2. The van der Waals surface area contributed by atoms with Crippen molar-refractivity contribution in [2.45, 2.75) is 19.1 Å². The highest BCUT2D eigenvalue weighted by atomic mass is 16.6. The molecule has 1 aromatic heterocycles. The Kier molecular flexibility index (Phi) is 4.27. The van der Waals surface area contributed by atoms with Crippen molar-refractivity contribution in [3.63, 3.8) is 0 Å². The highest BCUT2D eigenvalue weighted by Gasteiger charge is 2.21. The summed E-state index contributed by atoms with van der Waals surface area (Å²) in [6.45, 7) is 0.981. The third-order valence-electron chi connectivity index (χ3n) is 4.10. The molecule has 2 aromatic carbocycles. The van der Waals surface area contributed by atoms with Gasteiger partial charge in [0.05, 0.1) is 19.2 Å². The number of carbonyl (C=O) groups is 1. The number of aromatic nitrogens is 3.